The Morgan fingerprint density at radius 1 is 0.579 bits per heavy atom. The Balaban J connectivity index is 1.49. The van der Waals surface area contributed by atoms with Crippen LogP contribution in [0.3, 0.4) is 0 Å². The molecule has 0 aliphatic carbocycles. The molecule has 0 aliphatic heterocycles. The molecule has 0 atom stereocenters. The van der Waals surface area contributed by atoms with Gasteiger partial charge in [0.05, 0.1) is 22.2 Å². The van der Waals surface area contributed by atoms with E-state index in [2.05, 4.69) is 114 Å². The molecule has 0 bridgehead atoms. The number of hydrogen-bond acceptors (Lipinski definition) is 3. The van der Waals surface area contributed by atoms with Gasteiger partial charge in [-0.25, -0.2) is 4.98 Å². The van der Waals surface area contributed by atoms with Gasteiger partial charge in [0.2, 0.25) is 0 Å². The third-order valence-corrected chi connectivity index (χ3v) is 8.45. The minimum atomic E-state index is 0.888. The lowest BCUT2D eigenvalue weighted by Gasteiger charge is -2.12. The first-order chi connectivity index (χ1) is 18.8. The maximum atomic E-state index is 5.23. The van der Waals surface area contributed by atoms with Crippen molar-refractivity contribution in [2.24, 2.45) is 0 Å². The highest BCUT2D eigenvalue weighted by atomic mass is 32.1. The maximum absolute atomic E-state index is 5.23. The van der Waals surface area contributed by atoms with Crippen molar-refractivity contribution in [2.75, 3.05) is 0 Å². The van der Waals surface area contributed by atoms with Crippen LogP contribution >= 0.6 is 11.3 Å². The topological polar surface area (TPSA) is 30.7 Å². The molecule has 0 saturated carbocycles. The zero-order valence-electron chi connectivity index (χ0n) is 20.4. The third kappa shape index (κ3) is 3.21. The summed E-state index contributed by atoms with van der Waals surface area (Å²) in [5, 5.41) is 3.76. The zero-order valence-corrected chi connectivity index (χ0v) is 21.2. The summed E-state index contributed by atoms with van der Waals surface area (Å²) in [7, 11) is 0. The fraction of sp³-hybridized carbons (Fsp3) is 0. The Kier molecular flexibility index (Phi) is 4.69. The van der Waals surface area contributed by atoms with Gasteiger partial charge in [-0.1, -0.05) is 84.9 Å². The van der Waals surface area contributed by atoms with E-state index in [4.69, 9.17) is 9.97 Å². The average Bonchev–Trinajstić information content (AvgIpc) is 3.53. The fourth-order valence-corrected chi connectivity index (χ4v) is 6.77. The second-order valence-corrected chi connectivity index (χ2v) is 10.5. The van der Waals surface area contributed by atoms with Crippen LogP contribution in [-0.2, 0) is 0 Å². The van der Waals surface area contributed by atoms with Crippen LogP contribution in [0.2, 0.25) is 0 Å². The van der Waals surface area contributed by atoms with E-state index in [1.165, 1.54) is 31.1 Å². The van der Waals surface area contributed by atoms with Crippen molar-refractivity contribution in [2.45, 2.75) is 0 Å². The number of benzene rings is 4. The summed E-state index contributed by atoms with van der Waals surface area (Å²) in [4.78, 5) is 10.1. The molecule has 0 amide bonds. The van der Waals surface area contributed by atoms with Gasteiger partial charge in [-0.2, -0.15) is 0 Å². The number of thiophene rings is 1. The molecule has 0 aliphatic rings. The van der Waals surface area contributed by atoms with Crippen molar-refractivity contribution >= 4 is 53.4 Å². The van der Waals surface area contributed by atoms with Crippen molar-refractivity contribution in [1.82, 2.24) is 14.5 Å². The molecular weight excluding hydrogens is 482 g/mol. The molecule has 8 rings (SSSR count). The number of rotatable bonds is 3. The highest BCUT2D eigenvalue weighted by molar-refractivity contribution is 7.26. The molecule has 0 N–H and O–H groups in total. The monoisotopic (exact) mass is 503 g/mol. The summed E-state index contributed by atoms with van der Waals surface area (Å²) in [6.45, 7) is 0. The van der Waals surface area contributed by atoms with E-state index in [1.54, 1.807) is 0 Å². The molecule has 0 saturated heterocycles. The van der Waals surface area contributed by atoms with Crippen LogP contribution in [0.15, 0.2) is 128 Å². The Bertz CT molecular complexity index is 2070. The van der Waals surface area contributed by atoms with Gasteiger partial charge in [0, 0.05) is 37.3 Å². The van der Waals surface area contributed by atoms with Crippen LogP contribution in [0, 0.1) is 0 Å². The van der Waals surface area contributed by atoms with Crippen molar-refractivity contribution < 1.29 is 0 Å². The summed E-state index contributed by atoms with van der Waals surface area (Å²) in [5.74, 6) is 0.888. The van der Waals surface area contributed by atoms with Gasteiger partial charge in [-0.3, -0.25) is 9.55 Å². The van der Waals surface area contributed by atoms with E-state index < -0.39 is 0 Å². The number of hydrogen-bond donors (Lipinski definition) is 0. The molecule has 8 aromatic rings. The van der Waals surface area contributed by atoms with E-state index in [1.807, 2.05) is 29.7 Å². The normalized spacial score (nSPS) is 11.7. The summed E-state index contributed by atoms with van der Waals surface area (Å²) in [6, 6.07) is 42.6. The zero-order chi connectivity index (χ0) is 25.1. The molecule has 0 fully saturated rings. The van der Waals surface area contributed by atoms with E-state index in [9.17, 15) is 0 Å². The standard InChI is InChI=1S/C34H21N3S/c1-3-10-22(11-4-1)24-20-27(23-12-5-2-6-13-23)36-31(21-24)37-28-18-17-26-25-14-7-8-16-30(25)38-34(26)32(28)33-29(37)15-9-19-35-33/h1-21H. The Hall–Kier alpha value is -4.80. The van der Waals surface area contributed by atoms with Crippen LogP contribution in [0.4, 0.5) is 0 Å². The number of fused-ring (bicyclic) bond motifs is 7. The molecule has 178 valence electrons. The summed E-state index contributed by atoms with van der Waals surface area (Å²) >= 11 is 1.84. The molecular formula is C34H21N3S. The lowest BCUT2D eigenvalue weighted by Crippen LogP contribution is -2.00. The van der Waals surface area contributed by atoms with E-state index >= 15 is 0 Å². The van der Waals surface area contributed by atoms with E-state index in [0.717, 1.165) is 39.2 Å². The smallest absolute Gasteiger partial charge is 0.138 e. The number of pyridine rings is 2. The van der Waals surface area contributed by atoms with Crippen molar-refractivity contribution in [3.63, 3.8) is 0 Å². The Labute approximate surface area is 223 Å². The molecule has 3 nitrogen and oxygen atoms in total. The van der Waals surface area contributed by atoms with Crippen molar-refractivity contribution in [1.29, 1.82) is 0 Å². The molecule has 38 heavy (non-hydrogen) atoms. The van der Waals surface area contributed by atoms with Gasteiger partial charge in [0.15, 0.2) is 0 Å². The molecule has 4 heterocycles. The quantitative estimate of drug-likeness (QED) is 0.240. The van der Waals surface area contributed by atoms with Gasteiger partial charge in [0.1, 0.15) is 5.82 Å². The third-order valence-electron chi connectivity index (χ3n) is 7.25. The first-order valence-electron chi connectivity index (χ1n) is 12.7. The van der Waals surface area contributed by atoms with Crippen molar-refractivity contribution in [3.05, 3.63) is 128 Å². The molecule has 4 aromatic heterocycles. The molecule has 0 radical (unpaired) electrons. The van der Waals surface area contributed by atoms with Crippen LogP contribution in [-0.4, -0.2) is 14.5 Å². The van der Waals surface area contributed by atoms with Crippen molar-refractivity contribution in [3.8, 4) is 28.2 Å². The fourth-order valence-electron chi connectivity index (χ4n) is 5.52. The summed E-state index contributed by atoms with van der Waals surface area (Å²) in [5.41, 5.74) is 7.53. The van der Waals surface area contributed by atoms with Crippen LogP contribution in [0.5, 0.6) is 0 Å². The molecule has 0 spiro atoms. The summed E-state index contributed by atoms with van der Waals surface area (Å²) < 4.78 is 4.84. The van der Waals surface area contributed by atoms with Crippen LogP contribution < -0.4 is 0 Å². The van der Waals surface area contributed by atoms with E-state index in [-0.39, 0.29) is 0 Å². The van der Waals surface area contributed by atoms with Gasteiger partial charge >= 0.3 is 0 Å². The van der Waals surface area contributed by atoms with Crippen LogP contribution in [0.25, 0.3) is 70.3 Å². The minimum absolute atomic E-state index is 0.888. The Morgan fingerprint density at radius 3 is 2.18 bits per heavy atom. The van der Waals surface area contributed by atoms with Gasteiger partial charge in [-0.15, -0.1) is 11.3 Å². The molecule has 4 heteroatoms. The lowest BCUT2D eigenvalue weighted by molar-refractivity contribution is 1.08. The predicted molar refractivity (Wildman–Crippen MR) is 160 cm³/mol. The SMILES string of the molecule is c1ccc(-c2cc(-c3ccccc3)nc(-n3c4cccnc4c4c5sc6ccccc6c5ccc43)c2)cc1. The predicted octanol–water partition coefficient (Wildman–Crippen LogP) is 9.28. The van der Waals surface area contributed by atoms with E-state index in [0.29, 0.717) is 0 Å². The first-order valence-corrected chi connectivity index (χ1v) is 13.5. The molecule has 4 aromatic carbocycles. The lowest BCUT2D eigenvalue weighted by atomic mass is 10.0. The first kappa shape index (κ1) is 21.3. The largest absolute Gasteiger partial charge is 0.292 e. The second-order valence-electron chi connectivity index (χ2n) is 9.47. The summed E-state index contributed by atoms with van der Waals surface area (Å²) in [6.07, 6.45) is 1.89. The maximum Gasteiger partial charge on any atom is 0.138 e. The average molecular weight is 504 g/mol. The number of aromatic nitrogens is 3. The highest BCUT2D eigenvalue weighted by Gasteiger charge is 2.19. The molecule has 0 unspecified atom stereocenters. The second kappa shape index (κ2) is 8.37. The van der Waals surface area contributed by atoms with Gasteiger partial charge < -0.3 is 0 Å². The van der Waals surface area contributed by atoms with Crippen LogP contribution in [0.1, 0.15) is 0 Å². The minimum Gasteiger partial charge on any atom is -0.292 e. The highest BCUT2D eigenvalue weighted by Crippen LogP contribution is 2.42. The number of nitrogens with zero attached hydrogens (tertiary/aromatic N) is 3. The Morgan fingerprint density at radius 2 is 1.34 bits per heavy atom. The van der Waals surface area contributed by atoms with Gasteiger partial charge in [0.25, 0.3) is 0 Å². The van der Waals surface area contributed by atoms with Gasteiger partial charge in [-0.05, 0) is 47.5 Å².